The zero-order valence-electron chi connectivity index (χ0n) is 7.66. The maximum absolute atomic E-state index is 3.60. The van der Waals surface area contributed by atoms with Crippen LogP contribution in [0.15, 0.2) is 0 Å². The molecule has 2 heteroatoms. The molecule has 0 saturated heterocycles. The van der Waals surface area contributed by atoms with Crippen LogP contribution in [0.25, 0.3) is 0 Å². The van der Waals surface area contributed by atoms with Gasteiger partial charge in [0, 0.05) is 23.1 Å². The number of hydrogen-bond donors (Lipinski definition) is 0. The van der Waals surface area contributed by atoms with Gasteiger partial charge in [-0.05, 0) is 0 Å². The van der Waals surface area contributed by atoms with Gasteiger partial charge >= 0.3 is 23.1 Å². The zero-order valence-corrected chi connectivity index (χ0v) is 10.5. The van der Waals surface area contributed by atoms with Gasteiger partial charge in [0.25, 0.3) is 0 Å². The summed E-state index contributed by atoms with van der Waals surface area (Å²) in [5, 5.41) is 0. The van der Waals surface area contributed by atoms with Crippen molar-refractivity contribution in [3.05, 3.63) is 13.8 Å². The molecule has 0 aliphatic carbocycles. The monoisotopic (exact) mass is 162 g/mol. The minimum absolute atomic E-state index is 0. The molecule has 0 saturated carbocycles. The van der Waals surface area contributed by atoms with E-state index in [9.17, 15) is 0 Å². The van der Waals surface area contributed by atoms with Crippen LogP contribution in [-0.4, -0.2) is 46.1 Å². The van der Waals surface area contributed by atoms with Crippen LogP contribution in [0.3, 0.4) is 0 Å². The van der Waals surface area contributed by atoms with Crippen LogP contribution in [0.4, 0.5) is 0 Å². The summed E-state index contributed by atoms with van der Waals surface area (Å²) in [6.07, 6.45) is 4.56. The molecule has 0 spiro atoms. The molecule has 0 amide bonds. The minimum Gasteiger partial charge on any atom is -0.343 e. The molecule has 0 heterocycles. The van der Waals surface area contributed by atoms with E-state index in [4.69, 9.17) is 0 Å². The second-order valence-electron chi connectivity index (χ2n) is 1.71. The Morgan fingerprint density at radius 2 is 1.00 bits per heavy atom. The fourth-order valence-corrected chi connectivity index (χ4v) is 0. The Morgan fingerprint density at radius 3 is 1.00 bits per heavy atom. The topological polar surface area (TPSA) is 0 Å². The van der Waals surface area contributed by atoms with E-state index in [1.165, 1.54) is 12.8 Å². The van der Waals surface area contributed by atoms with Gasteiger partial charge in [0.05, 0.1) is 0 Å². The van der Waals surface area contributed by atoms with Crippen LogP contribution in [0.5, 0.6) is 0 Å². The van der Waals surface area contributed by atoms with Gasteiger partial charge < -0.3 is 13.8 Å². The standard InChI is InChI=1S/2C4H9.2Mg/c2*1-3-4-2;;/h2*1,3-4H2,2H3;;/q2*-1;;+2. The molecule has 0 nitrogen and oxygen atoms in total. The largest absolute Gasteiger partial charge is 2.00 e. The van der Waals surface area contributed by atoms with E-state index in [0.717, 1.165) is 12.8 Å². The van der Waals surface area contributed by atoms with E-state index in [-0.39, 0.29) is 46.1 Å². The van der Waals surface area contributed by atoms with Crippen molar-refractivity contribution in [2.45, 2.75) is 39.5 Å². The Hall–Kier alpha value is 1.53. The Bertz CT molecular complexity index is 15.2. The molecule has 54 valence electrons. The van der Waals surface area contributed by atoms with E-state index in [1.807, 2.05) is 0 Å². The molecule has 2 radical (unpaired) electrons. The summed E-state index contributed by atoms with van der Waals surface area (Å²) in [5.74, 6) is 0. The van der Waals surface area contributed by atoms with Crippen LogP contribution in [-0.2, 0) is 0 Å². The first-order valence-corrected chi connectivity index (χ1v) is 3.41. The summed E-state index contributed by atoms with van der Waals surface area (Å²) < 4.78 is 0. The normalized spacial score (nSPS) is 6.00. The van der Waals surface area contributed by atoms with Gasteiger partial charge in [0.15, 0.2) is 0 Å². The minimum atomic E-state index is 0. The van der Waals surface area contributed by atoms with Crippen molar-refractivity contribution in [1.82, 2.24) is 0 Å². The number of rotatable bonds is 2. The molecule has 0 unspecified atom stereocenters. The first kappa shape index (κ1) is 22.5. The van der Waals surface area contributed by atoms with Gasteiger partial charge in [-0.1, -0.05) is 26.7 Å². The zero-order chi connectivity index (χ0) is 6.83. The molecule has 0 aromatic heterocycles. The molecule has 0 rings (SSSR count). The van der Waals surface area contributed by atoms with Crippen molar-refractivity contribution in [3.63, 3.8) is 0 Å². The first-order chi connectivity index (χ1) is 3.83. The fraction of sp³-hybridized carbons (Fsp3) is 0.750. The average Bonchev–Trinajstić information content (AvgIpc) is 1.88. The summed E-state index contributed by atoms with van der Waals surface area (Å²) in [5.41, 5.74) is 0. The third-order valence-electron chi connectivity index (χ3n) is 0.707. The van der Waals surface area contributed by atoms with E-state index in [2.05, 4.69) is 27.7 Å². The molecule has 0 bridgehead atoms. The quantitative estimate of drug-likeness (QED) is 0.433. The predicted molar refractivity (Wildman–Crippen MR) is 52.0 cm³/mol. The maximum atomic E-state index is 3.60. The first-order valence-electron chi connectivity index (χ1n) is 3.41. The predicted octanol–water partition coefficient (Wildman–Crippen LogP) is 2.48. The smallest absolute Gasteiger partial charge is 0.343 e. The van der Waals surface area contributed by atoms with E-state index >= 15 is 0 Å². The summed E-state index contributed by atoms with van der Waals surface area (Å²) in [6, 6.07) is 0. The number of unbranched alkanes of at least 4 members (excludes halogenated alkanes) is 2. The molecule has 0 N–H and O–H groups in total. The molecular weight excluding hydrogens is 145 g/mol. The van der Waals surface area contributed by atoms with Crippen LogP contribution >= 0.6 is 0 Å². The molecule has 10 heavy (non-hydrogen) atoms. The van der Waals surface area contributed by atoms with Crippen molar-refractivity contribution in [2.24, 2.45) is 0 Å². The van der Waals surface area contributed by atoms with Crippen molar-refractivity contribution >= 4 is 46.1 Å². The van der Waals surface area contributed by atoms with E-state index in [1.54, 1.807) is 0 Å². The van der Waals surface area contributed by atoms with Gasteiger partial charge in [-0.15, -0.1) is 0 Å². The Labute approximate surface area is 98.8 Å². The van der Waals surface area contributed by atoms with Crippen LogP contribution < -0.4 is 0 Å². The summed E-state index contributed by atoms with van der Waals surface area (Å²) in [6.45, 7) is 11.4. The van der Waals surface area contributed by atoms with Crippen LogP contribution in [0.1, 0.15) is 39.5 Å². The van der Waals surface area contributed by atoms with Gasteiger partial charge in [0.2, 0.25) is 0 Å². The summed E-state index contributed by atoms with van der Waals surface area (Å²) >= 11 is 0. The molecule has 0 aliphatic rings. The third-order valence-corrected chi connectivity index (χ3v) is 0.707. The van der Waals surface area contributed by atoms with Gasteiger partial charge in [-0.25, -0.2) is 0 Å². The second-order valence-corrected chi connectivity index (χ2v) is 1.71. The Kier molecular flexibility index (Phi) is 70.5. The molecule has 0 aliphatic heterocycles. The third kappa shape index (κ3) is 55.6. The van der Waals surface area contributed by atoms with Crippen LogP contribution in [0, 0.1) is 13.8 Å². The van der Waals surface area contributed by atoms with Crippen molar-refractivity contribution in [3.8, 4) is 0 Å². The molecule has 0 atom stereocenters. The summed E-state index contributed by atoms with van der Waals surface area (Å²) in [7, 11) is 0. The van der Waals surface area contributed by atoms with Crippen molar-refractivity contribution < 1.29 is 0 Å². The SMILES string of the molecule is [CH2-]CCC.[CH2-]CCC.[Mg+2].[Mg]. The maximum Gasteiger partial charge on any atom is 2.00 e. The average molecular weight is 163 g/mol. The molecular formula is C8H18Mg2. The Balaban J connectivity index is -0.0000000300. The van der Waals surface area contributed by atoms with Gasteiger partial charge in [-0.3, -0.25) is 0 Å². The summed E-state index contributed by atoms with van der Waals surface area (Å²) in [4.78, 5) is 0. The fourth-order valence-electron chi connectivity index (χ4n) is 0. The van der Waals surface area contributed by atoms with Gasteiger partial charge in [0.1, 0.15) is 0 Å². The molecule has 0 fully saturated rings. The van der Waals surface area contributed by atoms with Crippen LogP contribution in [0.2, 0.25) is 0 Å². The Morgan fingerprint density at radius 1 is 0.900 bits per heavy atom. The molecule has 0 aromatic carbocycles. The van der Waals surface area contributed by atoms with Crippen molar-refractivity contribution in [2.75, 3.05) is 0 Å². The van der Waals surface area contributed by atoms with E-state index in [0.29, 0.717) is 0 Å². The van der Waals surface area contributed by atoms with Crippen molar-refractivity contribution in [1.29, 1.82) is 0 Å². The second kappa shape index (κ2) is 31.3. The molecule has 0 aromatic rings. The number of hydrogen-bond acceptors (Lipinski definition) is 0. The van der Waals surface area contributed by atoms with Gasteiger partial charge in [-0.2, -0.15) is 12.8 Å². The van der Waals surface area contributed by atoms with E-state index < -0.39 is 0 Å².